The third kappa shape index (κ3) is 1.36. The molecule has 0 amide bonds. The van der Waals surface area contributed by atoms with Gasteiger partial charge in [0.05, 0.1) is 0 Å². The van der Waals surface area contributed by atoms with E-state index in [2.05, 4.69) is 13.0 Å². The molecule has 0 N–H and O–H groups in total. The van der Waals surface area contributed by atoms with Crippen LogP contribution in [0.1, 0.15) is 32.6 Å². The van der Waals surface area contributed by atoms with Crippen molar-refractivity contribution in [3.63, 3.8) is 0 Å². The SMILES string of the molecule is CC1=CC2=C(C=C(F)CC2)CC1. The predicted octanol–water partition coefficient (Wildman–Crippen LogP) is 3.67. The van der Waals surface area contributed by atoms with Crippen LogP contribution < -0.4 is 0 Å². The van der Waals surface area contributed by atoms with E-state index in [0.29, 0.717) is 6.42 Å². The van der Waals surface area contributed by atoms with Crippen molar-refractivity contribution in [1.29, 1.82) is 0 Å². The van der Waals surface area contributed by atoms with Gasteiger partial charge in [-0.15, -0.1) is 0 Å². The Kier molecular flexibility index (Phi) is 1.87. The zero-order valence-electron chi connectivity index (χ0n) is 7.36. The summed E-state index contributed by atoms with van der Waals surface area (Å²) in [5.74, 6) is 0.0571. The molecule has 0 saturated carbocycles. The average molecular weight is 164 g/mol. The lowest BCUT2D eigenvalue weighted by Crippen LogP contribution is -2.01. The van der Waals surface area contributed by atoms with Gasteiger partial charge in [0, 0.05) is 6.42 Å². The van der Waals surface area contributed by atoms with Crippen molar-refractivity contribution >= 4 is 0 Å². The monoisotopic (exact) mass is 164 g/mol. The fourth-order valence-electron chi connectivity index (χ4n) is 1.87. The summed E-state index contributed by atoms with van der Waals surface area (Å²) in [6.07, 6.45) is 7.58. The minimum Gasteiger partial charge on any atom is -0.212 e. The van der Waals surface area contributed by atoms with Crippen LogP contribution in [-0.4, -0.2) is 0 Å². The lowest BCUT2D eigenvalue weighted by Gasteiger charge is -2.19. The molecule has 2 aliphatic carbocycles. The summed E-state index contributed by atoms with van der Waals surface area (Å²) in [4.78, 5) is 0. The normalized spacial score (nSPS) is 23.2. The molecule has 0 aromatic heterocycles. The fourth-order valence-corrected chi connectivity index (χ4v) is 1.87. The van der Waals surface area contributed by atoms with Crippen molar-refractivity contribution in [2.24, 2.45) is 0 Å². The Morgan fingerprint density at radius 2 is 1.67 bits per heavy atom. The van der Waals surface area contributed by atoms with Crippen LogP contribution in [0.25, 0.3) is 0 Å². The van der Waals surface area contributed by atoms with E-state index in [1.54, 1.807) is 6.08 Å². The third-order valence-corrected chi connectivity index (χ3v) is 2.59. The van der Waals surface area contributed by atoms with Gasteiger partial charge in [-0.25, -0.2) is 4.39 Å². The summed E-state index contributed by atoms with van der Waals surface area (Å²) >= 11 is 0. The topological polar surface area (TPSA) is 0 Å². The molecule has 1 heteroatoms. The second-order valence-electron chi connectivity index (χ2n) is 3.63. The maximum atomic E-state index is 12.9. The van der Waals surface area contributed by atoms with Crippen molar-refractivity contribution < 1.29 is 4.39 Å². The Hall–Kier alpha value is -0.850. The highest BCUT2D eigenvalue weighted by Gasteiger charge is 2.14. The molecule has 0 aromatic carbocycles. The molecule has 0 aliphatic heterocycles. The van der Waals surface area contributed by atoms with Crippen molar-refractivity contribution in [3.05, 3.63) is 34.7 Å². The minimum atomic E-state index is 0.0571. The largest absolute Gasteiger partial charge is 0.212 e. The van der Waals surface area contributed by atoms with E-state index in [-0.39, 0.29) is 5.83 Å². The van der Waals surface area contributed by atoms with E-state index in [4.69, 9.17) is 0 Å². The van der Waals surface area contributed by atoms with E-state index in [9.17, 15) is 4.39 Å². The molecular weight excluding hydrogens is 151 g/mol. The molecule has 0 heterocycles. The first kappa shape index (κ1) is 7.78. The maximum absolute atomic E-state index is 12.9. The van der Waals surface area contributed by atoms with Crippen LogP contribution in [-0.2, 0) is 0 Å². The van der Waals surface area contributed by atoms with Gasteiger partial charge in [0.15, 0.2) is 0 Å². The molecule has 2 aliphatic rings. The van der Waals surface area contributed by atoms with Crippen LogP contribution in [0.3, 0.4) is 0 Å². The molecule has 64 valence electrons. The van der Waals surface area contributed by atoms with Gasteiger partial charge in [0.2, 0.25) is 0 Å². The van der Waals surface area contributed by atoms with Gasteiger partial charge < -0.3 is 0 Å². The number of hydrogen-bond donors (Lipinski definition) is 0. The van der Waals surface area contributed by atoms with Crippen LogP contribution in [0, 0.1) is 0 Å². The highest BCUT2D eigenvalue weighted by molar-refractivity contribution is 5.42. The molecule has 12 heavy (non-hydrogen) atoms. The number of allylic oxidation sites excluding steroid dienone is 6. The first-order chi connectivity index (χ1) is 5.75. The summed E-state index contributed by atoms with van der Waals surface area (Å²) in [6, 6.07) is 0. The lowest BCUT2D eigenvalue weighted by atomic mass is 9.87. The molecule has 0 saturated heterocycles. The van der Waals surface area contributed by atoms with Crippen LogP contribution in [0.5, 0.6) is 0 Å². The van der Waals surface area contributed by atoms with Crippen molar-refractivity contribution in [2.75, 3.05) is 0 Å². The quantitative estimate of drug-likeness (QED) is 0.512. The first-order valence-electron chi connectivity index (χ1n) is 4.51. The third-order valence-electron chi connectivity index (χ3n) is 2.59. The second-order valence-corrected chi connectivity index (χ2v) is 3.63. The van der Waals surface area contributed by atoms with Gasteiger partial charge >= 0.3 is 0 Å². The zero-order chi connectivity index (χ0) is 8.55. The minimum absolute atomic E-state index is 0.0571. The summed E-state index contributed by atoms with van der Waals surface area (Å²) in [5.41, 5.74) is 4.02. The Bertz CT molecular complexity index is 262. The first-order valence-corrected chi connectivity index (χ1v) is 4.51. The lowest BCUT2D eigenvalue weighted by molar-refractivity contribution is 0.577. The average Bonchev–Trinajstić information content (AvgIpc) is 2.05. The summed E-state index contributed by atoms with van der Waals surface area (Å²) in [6.45, 7) is 2.15. The predicted molar refractivity (Wildman–Crippen MR) is 48.4 cm³/mol. The highest BCUT2D eigenvalue weighted by Crippen LogP contribution is 2.33. The van der Waals surface area contributed by atoms with E-state index >= 15 is 0 Å². The fraction of sp³-hybridized carbons (Fsp3) is 0.455. The standard InChI is InChI=1S/C11H13F/c1-8-2-3-10-7-11(12)5-4-9(10)6-8/h6-7H,2-5H2,1H3. The molecule has 0 unspecified atom stereocenters. The summed E-state index contributed by atoms with van der Waals surface area (Å²) < 4.78 is 12.9. The van der Waals surface area contributed by atoms with E-state index in [0.717, 1.165) is 19.3 Å². The van der Waals surface area contributed by atoms with Gasteiger partial charge in [-0.05, 0) is 43.4 Å². The summed E-state index contributed by atoms with van der Waals surface area (Å²) in [7, 11) is 0. The van der Waals surface area contributed by atoms with Gasteiger partial charge in [0.1, 0.15) is 5.83 Å². The molecule has 2 rings (SSSR count). The van der Waals surface area contributed by atoms with E-state index in [1.807, 2.05) is 0 Å². The van der Waals surface area contributed by atoms with Crippen LogP contribution >= 0.6 is 0 Å². The highest BCUT2D eigenvalue weighted by atomic mass is 19.1. The van der Waals surface area contributed by atoms with Crippen LogP contribution in [0.15, 0.2) is 34.7 Å². The van der Waals surface area contributed by atoms with Gasteiger partial charge in [-0.3, -0.25) is 0 Å². The second kappa shape index (κ2) is 2.89. The van der Waals surface area contributed by atoms with E-state index in [1.165, 1.54) is 16.7 Å². The Balaban J connectivity index is 2.34. The van der Waals surface area contributed by atoms with Crippen molar-refractivity contribution in [1.82, 2.24) is 0 Å². The molecule has 0 spiro atoms. The van der Waals surface area contributed by atoms with Gasteiger partial charge in [-0.2, -0.15) is 0 Å². The van der Waals surface area contributed by atoms with E-state index < -0.39 is 0 Å². The number of halogens is 1. The molecule has 0 bridgehead atoms. The van der Waals surface area contributed by atoms with Gasteiger partial charge in [-0.1, -0.05) is 11.6 Å². The smallest absolute Gasteiger partial charge is 0.101 e. The molecule has 0 fully saturated rings. The Morgan fingerprint density at radius 3 is 2.50 bits per heavy atom. The Morgan fingerprint density at radius 1 is 1.00 bits per heavy atom. The molecule has 0 atom stereocenters. The number of rotatable bonds is 0. The zero-order valence-corrected chi connectivity index (χ0v) is 7.36. The number of hydrogen-bond acceptors (Lipinski definition) is 0. The van der Waals surface area contributed by atoms with Crippen molar-refractivity contribution in [3.8, 4) is 0 Å². The van der Waals surface area contributed by atoms with Crippen molar-refractivity contribution in [2.45, 2.75) is 32.6 Å². The Labute approximate surface area is 72.5 Å². The van der Waals surface area contributed by atoms with Crippen LogP contribution in [0.2, 0.25) is 0 Å². The van der Waals surface area contributed by atoms with Gasteiger partial charge in [0.25, 0.3) is 0 Å². The summed E-state index contributed by atoms with van der Waals surface area (Å²) in [5, 5.41) is 0. The molecule has 0 nitrogen and oxygen atoms in total. The van der Waals surface area contributed by atoms with Crippen LogP contribution in [0.4, 0.5) is 4.39 Å². The molecular formula is C11H13F. The molecule has 0 aromatic rings. The molecule has 0 radical (unpaired) electrons. The maximum Gasteiger partial charge on any atom is 0.101 e.